The lowest BCUT2D eigenvalue weighted by atomic mass is 10.1. The molecule has 1 aliphatic rings. The Labute approximate surface area is 98.8 Å². The molecule has 0 amide bonds. The quantitative estimate of drug-likeness (QED) is 0.746. The standard InChI is InChI=1S/C9H9BrF3N3/c10-7-6(11)5-14-8(15-7)16-3-1-9(12,13)2-4-16/h5H,1-4H2. The largest absolute Gasteiger partial charge is 0.340 e. The maximum atomic E-state index is 12.9. The van der Waals surface area contributed by atoms with E-state index in [0.29, 0.717) is 0 Å². The zero-order chi connectivity index (χ0) is 11.8. The monoisotopic (exact) mass is 295 g/mol. The maximum absolute atomic E-state index is 12.9. The van der Waals surface area contributed by atoms with E-state index in [9.17, 15) is 13.2 Å². The van der Waals surface area contributed by atoms with Gasteiger partial charge >= 0.3 is 0 Å². The fourth-order valence-corrected chi connectivity index (χ4v) is 1.78. The van der Waals surface area contributed by atoms with E-state index in [1.165, 1.54) is 0 Å². The van der Waals surface area contributed by atoms with Crippen LogP contribution >= 0.6 is 15.9 Å². The van der Waals surface area contributed by atoms with Crippen molar-refractivity contribution in [2.45, 2.75) is 18.8 Å². The second kappa shape index (κ2) is 4.20. The summed E-state index contributed by atoms with van der Waals surface area (Å²) in [6.45, 7) is 0.371. The van der Waals surface area contributed by atoms with Gasteiger partial charge in [0.2, 0.25) is 5.95 Å². The van der Waals surface area contributed by atoms with Gasteiger partial charge in [0.15, 0.2) is 5.82 Å². The molecule has 88 valence electrons. The average molecular weight is 296 g/mol. The highest BCUT2D eigenvalue weighted by molar-refractivity contribution is 9.10. The van der Waals surface area contributed by atoms with Gasteiger partial charge in [-0.2, -0.15) is 0 Å². The molecular weight excluding hydrogens is 287 g/mol. The van der Waals surface area contributed by atoms with E-state index in [1.54, 1.807) is 4.90 Å². The molecule has 2 rings (SSSR count). The number of nitrogens with zero attached hydrogens (tertiary/aromatic N) is 3. The predicted molar refractivity (Wildman–Crippen MR) is 56.1 cm³/mol. The topological polar surface area (TPSA) is 29.0 Å². The van der Waals surface area contributed by atoms with Crippen molar-refractivity contribution < 1.29 is 13.2 Å². The Morgan fingerprint density at radius 2 is 1.94 bits per heavy atom. The summed E-state index contributed by atoms with van der Waals surface area (Å²) < 4.78 is 38.7. The van der Waals surface area contributed by atoms with Crippen LogP contribution in [0.2, 0.25) is 0 Å². The van der Waals surface area contributed by atoms with Crippen molar-refractivity contribution in [1.29, 1.82) is 0 Å². The van der Waals surface area contributed by atoms with Crippen LogP contribution in [0, 0.1) is 5.82 Å². The summed E-state index contributed by atoms with van der Waals surface area (Å²) >= 11 is 2.93. The number of halogens is 4. The van der Waals surface area contributed by atoms with Crippen molar-refractivity contribution in [3.05, 3.63) is 16.6 Å². The predicted octanol–water partition coefficient (Wildman–Crippen LogP) is 2.61. The van der Waals surface area contributed by atoms with Crippen LogP contribution in [0.5, 0.6) is 0 Å². The van der Waals surface area contributed by atoms with Gasteiger partial charge in [0, 0.05) is 25.9 Å². The number of anilines is 1. The summed E-state index contributed by atoms with van der Waals surface area (Å²) in [6.07, 6.45) is 0.593. The van der Waals surface area contributed by atoms with Crippen LogP contribution in [0.4, 0.5) is 19.1 Å². The van der Waals surface area contributed by atoms with Crippen LogP contribution in [0.3, 0.4) is 0 Å². The first-order valence-electron chi connectivity index (χ1n) is 4.79. The molecule has 7 heteroatoms. The smallest absolute Gasteiger partial charge is 0.251 e. The summed E-state index contributed by atoms with van der Waals surface area (Å²) in [6, 6.07) is 0. The molecule has 16 heavy (non-hydrogen) atoms. The molecule has 1 aromatic rings. The molecule has 1 saturated heterocycles. The second-order valence-electron chi connectivity index (χ2n) is 3.65. The number of piperidine rings is 1. The molecule has 0 unspecified atom stereocenters. The Kier molecular flexibility index (Phi) is 3.05. The van der Waals surface area contributed by atoms with Crippen LogP contribution < -0.4 is 4.90 Å². The number of hydrogen-bond donors (Lipinski definition) is 0. The van der Waals surface area contributed by atoms with E-state index >= 15 is 0 Å². The molecule has 0 radical (unpaired) electrons. The summed E-state index contributed by atoms with van der Waals surface area (Å²) in [4.78, 5) is 9.26. The van der Waals surface area contributed by atoms with E-state index in [0.717, 1.165) is 6.20 Å². The molecule has 0 N–H and O–H groups in total. The number of hydrogen-bond acceptors (Lipinski definition) is 3. The first kappa shape index (κ1) is 11.6. The molecule has 1 fully saturated rings. The lowest BCUT2D eigenvalue weighted by Gasteiger charge is -2.31. The van der Waals surface area contributed by atoms with Crippen LogP contribution in [-0.2, 0) is 0 Å². The van der Waals surface area contributed by atoms with Gasteiger partial charge in [0.25, 0.3) is 5.92 Å². The molecular formula is C9H9BrF3N3. The van der Waals surface area contributed by atoms with Gasteiger partial charge in [-0.15, -0.1) is 0 Å². The minimum atomic E-state index is -2.60. The van der Waals surface area contributed by atoms with Crippen LogP contribution in [0.25, 0.3) is 0 Å². The molecule has 0 bridgehead atoms. The Morgan fingerprint density at radius 3 is 2.50 bits per heavy atom. The molecule has 2 heterocycles. The SMILES string of the molecule is Fc1cnc(N2CCC(F)(F)CC2)nc1Br. The minimum absolute atomic E-state index is 0.0508. The van der Waals surface area contributed by atoms with Crippen molar-refractivity contribution >= 4 is 21.9 Å². The van der Waals surface area contributed by atoms with Gasteiger partial charge in [-0.1, -0.05) is 0 Å². The van der Waals surface area contributed by atoms with Crippen LogP contribution in [-0.4, -0.2) is 29.0 Å². The van der Waals surface area contributed by atoms with Crippen molar-refractivity contribution in [1.82, 2.24) is 9.97 Å². The summed E-state index contributed by atoms with van der Waals surface area (Å²) in [5.41, 5.74) is 0. The zero-order valence-corrected chi connectivity index (χ0v) is 9.85. The Hall–Kier alpha value is -0.850. The Morgan fingerprint density at radius 1 is 1.31 bits per heavy atom. The van der Waals surface area contributed by atoms with Crippen molar-refractivity contribution in [2.75, 3.05) is 18.0 Å². The highest BCUT2D eigenvalue weighted by Gasteiger charge is 2.34. The lowest BCUT2D eigenvalue weighted by molar-refractivity contribution is -0.0222. The first-order chi connectivity index (χ1) is 7.48. The van der Waals surface area contributed by atoms with Gasteiger partial charge in [-0.25, -0.2) is 23.1 Å². The summed E-state index contributed by atoms with van der Waals surface area (Å²) in [5.74, 6) is -2.89. The normalized spacial score (nSPS) is 19.9. The van der Waals surface area contributed by atoms with E-state index in [2.05, 4.69) is 25.9 Å². The maximum Gasteiger partial charge on any atom is 0.251 e. The van der Waals surface area contributed by atoms with Crippen molar-refractivity contribution in [2.24, 2.45) is 0 Å². The third-order valence-corrected chi connectivity index (χ3v) is 3.02. The molecule has 0 atom stereocenters. The Bertz CT molecular complexity index is 390. The highest BCUT2D eigenvalue weighted by atomic mass is 79.9. The van der Waals surface area contributed by atoms with E-state index in [-0.39, 0.29) is 36.5 Å². The molecule has 0 spiro atoms. The number of rotatable bonds is 1. The van der Waals surface area contributed by atoms with Crippen molar-refractivity contribution in [3.8, 4) is 0 Å². The molecule has 0 aliphatic carbocycles. The number of alkyl halides is 2. The fourth-order valence-electron chi connectivity index (χ4n) is 1.52. The van der Waals surface area contributed by atoms with E-state index in [1.807, 2.05) is 0 Å². The molecule has 1 aromatic heterocycles. The van der Waals surface area contributed by atoms with Gasteiger partial charge < -0.3 is 4.90 Å². The molecule has 1 aliphatic heterocycles. The van der Waals surface area contributed by atoms with E-state index in [4.69, 9.17) is 0 Å². The van der Waals surface area contributed by atoms with E-state index < -0.39 is 11.7 Å². The molecule has 0 aromatic carbocycles. The molecule has 3 nitrogen and oxygen atoms in total. The minimum Gasteiger partial charge on any atom is -0.340 e. The second-order valence-corrected chi connectivity index (χ2v) is 4.40. The van der Waals surface area contributed by atoms with Gasteiger partial charge in [0.05, 0.1) is 6.20 Å². The van der Waals surface area contributed by atoms with Crippen LogP contribution in [0.1, 0.15) is 12.8 Å². The Balaban J connectivity index is 2.11. The third-order valence-electron chi connectivity index (χ3n) is 2.47. The average Bonchev–Trinajstić information content (AvgIpc) is 2.22. The van der Waals surface area contributed by atoms with Gasteiger partial charge in [-0.05, 0) is 15.9 Å². The summed E-state index contributed by atoms with van der Waals surface area (Å²) in [5, 5.41) is 0. The highest BCUT2D eigenvalue weighted by Crippen LogP contribution is 2.29. The summed E-state index contributed by atoms with van der Waals surface area (Å²) in [7, 11) is 0. The number of aromatic nitrogens is 2. The third kappa shape index (κ3) is 2.45. The fraction of sp³-hybridized carbons (Fsp3) is 0.556. The first-order valence-corrected chi connectivity index (χ1v) is 5.58. The zero-order valence-electron chi connectivity index (χ0n) is 8.26. The van der Waals surface area contributed by atoms with Crippen molar-refractivity contribution in [3.63, 3.8) is 0 Å². The lowest BCUT2D eigenvalue weighted by Crippen LogP contribution is -2.40. The molecule has 0 saturated carbocycles. The van der Waals surface area contributed by atoms with Gasteiger partial charge in [-0.3, -0.25) is 0 Å². The van der Waals surface area contributed by atoms with Crippen LogP contribution in [0.15, 0.2) is 10.8 Å². The van der Waals surface area contributed by atoms with Gasteiger partial charge in [0.1, 0.15) is 4.60 Å².